The third-order valence-electron chi connectivity index (χ3n) is 2.66. The maximum Gasteiger partial charge on any atom is 0.317 e. The molecule has 1 fully saturated rings. The zero-order valence-corrected chi connectivity index (χ0v) is 8.50. The van der Waals surface area contributed by atoms with E-state index in [-0.39, 0.29) is 0 Å². The molecule has 1 heterocycles. The van der Waals surface area contributed by atoms with Crippen LogP contribution in [0, 0.1) is 0 Å². The fourth-order valence-corrected chi connectivity index (χ4v) is 1.97. The molecule has 1 aromatic rings. The van der Waals surface area contributed by atoms with Crippen molar-refractivity contribution in [3.05, 3.63) is 22.6 Å². The third-order valence-corrected chi connectivity index (χ3v) is 3.09. The standard InChI is InChI=1S/C9H9BrO3/c10-7-3-2-6(13-7)9(8(11)12)4-1-5-9/h2-3H,1,4-5H2,(H,11,12). The van der Waals surface area contributed by atoms with Crippen molar-refractivity contribution in [1.82, 2.24) is 0 Å². The fraction of sp³-hybridized carbons (Fsp3) is 0.444. The van der Waals surface area contributed by atoms with Crippen molar-refractivity contribution >= 4 is 21.9 Å². The molecule has 2 rings (SSSR count). The van der Waals surface area contributed by atoms with E-state index in [1.54, 1.807) is 12.1 Å². The van der Waals surface area contributed by atoms with Crippen LogP contribution in [-0.2, 0) is 10.2 Å². The lowest BCUT2D eigenvalue weighted by Gasteiger charge is -2.35. The monoisotopic (exact) mass is 244 g/mol. The molecule has 0 atom stereocenters. The number of hydrogen-bond donors (Lipinski definition) is 1. The van der Waals surface area contributed by atoms with E-state index in [1.165, 1.54) is 0 Å². The highest BCUT2D eigenvalue weighted by molar-refractivity contribution is 9.10. The average Bonchev–Trinajstić information content (AvgIpc) is 2.32. The van der Waals surface area contributed by atoms with Crippen molar-refractivity contribution in [1.29, 1.82) is 0 Å². The molecular formula is C9H9BrO3. The van der Waals surface area contributed by atoms with Gasteiger partial charge in [-0.15, -0.1) is 0 Å². The van der Waals surface area contributed by atoms with Crippen LogP contribution in [0.25, 0.3) is 0 Å². The van der Waals surface area contributed by atoms with E-state index in [2.05, 4.69) is 15.9 Å². The van der Waals surface area contributed by atoms with E-state index in [1.807, 2.05) is 0 Å². The summed E-state index contributed by atoms with van der Waals surface area (Å²) in [5.41, 5.74) is -0.744. The van der Waals surface area contributed by atoms with Crippen LogP contribution in [0.2, 0.25) is 0 Å². The number of carbonyl (C=O) groups is 1. The van der Waals surface area contributed by atoms with Gasteiger partial charge in [0.15, 0.2) is 4.67 Å². The Morgan fingerprint density at radius 2 is 2.23 bits per heavy atom. The van der Waals surface area contributed by atoms with E-state index in [0.717, 1.165) is 6.42 Å². The second-order valence-electron chi connectivity index (χ2n) is 3.34. The molecule has 0 amide bonds. The number of carboxylic acid groups (broad SMARTS) is 1. The van der Waals surface area contributed by atoms with Crippen LogP contribution in [0.3, 0.4) is 0 Å². The van der Waals surface area contributed by atoms with Crippen molar-refractivity contribution in [2.45, 2.75) is 24.7 Å². The van der Waals surface area contributed by atoms with Crippen LogP contribution in [-0.4, -0.2) is 11.1 Å². The number of carboxylic acids is 1. The summed E-state index contributed by atoms with van der Waals surface area (Å²) in [6.45, 7) is 0. The zero-order valence-electron chi connectivity index (χ0n) is 6.92. The molecule has 0 saturated heterocycles. The highest BCUT2D eigenvalue weighted by Gasteiger charge is 2.48. The van der Waals surface area contributed by atoms with Gasteiger partial charge in [0.2, 0.25) is 0 Å². The van der Waals surface area contributed by atoms with Crippen LogP contribution in [0.1, 0.15) is 25.0 Å². The Morgan fingerprint density at radius 3 is 2.54 bits per heavy atom. The predicted octanol–water partition coefficient (Wildman–Crippen LogP) is 2.55. The topological polar surface area (TPSA) is 50.4 Å². The van der Waals surface area contributed by atoms with Gasteiger partial charge in [0, 0.05) is 0 Å². The molecule has 1 N–H and O–H groups in total. The van der Waals surface area contributed by atoms with Crippen LogP contribution in [0.4, 0.5) is 0 Å². The fourth-order valence-electron chi connectivity index (χ4n) is 1.67. The van der Waals surface area contributed by atoms with Crippen molar-refractivity contribution in [3.63, 3.8) is 0 Å². The van der Waals surface area contributed by atoms with Gasteiger partial charge in [-0.05, 0) is 40.9 Å². The number of rotatable bonds is 2. The molecule has 0 unspecified atom stereocenters. The van der Waals surface area contributed by atoms with Gasteiger partial charge in [-0.2, -0.15) is 0 Å². The number of halogens is 1. The smallest absolute Gasteiger partial charge is 0.317 e. The van der Waals surface area contributed by atoms with E-state index in [0.29, 0.717) is 23.3 Å². The molecule has 1 saturated carbocycles. The quantitative estimate of drug-likeness (QED) is 0.870. The largest absolute Gasteiger partial charge is 0.480 e. The summed E-state index contributed by atoms with van der Waals surface area (Å²) in [5.74, 6) is -0.210. The molecule has 70 valence electrons. The third kappa shape index (κ3) is 1.20. The summed E-state index contributed by atoms with van der Waals surface area (Å²) in [7, 11) is 0. The minimum Gasteiger partial charge on any atom is -0.480 e. The summed E-state index contributed by atoms with van der Waals surface area (Å²) in [4.78, 5) is 11.0. The van der Waals surface area contributed by atoms with Gasteiger partial charge in [-0.1, -0.05) is 6.42 Å². The predicted molar refractivity (Wildman–Crippen MR) is 49.6 cm³/mol. The Hall–Kier alpha value is -0.770. The zero-order chi connectivity index (χ0) is 9.47. The first-order valence-corrected chi connectivity index (χ1v) is 4.94. The van der Waals surface area contributed by atoms with Crippen LogP contribution in [0.15, 0.2) is 21.2 Å². The lowest BCUT2D eigenvalue weighted by molar-refractivity contribution is -0.148. The van der Waals surface area contributed by atoms with Crippen molar-refractivity contribution in [2.24, 2.45) is 0 Å². The minimum atomic E-state index is -0.777. The van der Waals surface area contributed by atoms with Gasteiger partial charge < -0.3 is 9.52 Å². The summed E-state index contributed by atoms with van der Waals surface area (Å²) < 4.78 is 5.88. The molecule has 13 heavy (non-hydrogen) atoms. The van der Waals surface area contributed by atoms with E-state index < -0.39 is 11.4 Å². The molecule has 0 aliphatic heterocycles. The number of hydrogen-bond acceptors (Lipinski definition) is 2. The number of furan rings is 1. The second kappa shape index (κ2) is 2.87. The summed E-state index contributed by atoms with van der Waals surface area (Å²) in [6, 6.07) is 3.47. The molecule has 1 aliphatic carbocycles. The normalized spacial score (nSPS) is 19.5. The van der Waals surface area contributed by atoms with Crippen LogP contribution < -0.4 is 0 Å². The first kappa shape index (κ1) is 8.81. The minimum absolute atomic E-state index is 0.568. The van der Waals surface area contributed by atoms with Gasteiger partial charge in [0.1, 0.15) is 11.2 Å². The average molecular weight is 245 g/mol. The van der Waals surface area contributed by atoms with Crippen molar-refractivity contribution < 1.29 is 14.3 Å². The second-order valence-corrected chi connectivity index (χ2v) is 4.13. The first-order valence-electron chi connectivity index (χ1n) is 4.14. The van der Waals surface area contributed by atoms with E-state index >= 15 is 0 Å². The molecular weight excluding hydrogens is 236 g/mol. The maximum atomic E-state index is 11.0. The molecule has 4 heteroatoms. The molecule has 0 radical (unpaired) electrons. The highest BCUT2D eigenvalue weighted by atomic mass is 79.9. The Morgan fingerprint density at radius 1 is 1.54 bits per heavy atom. The Kier molecular flexibility index (Phi) is 1.95. The molecule has 3 nitrogen and oxygen atoms in total. The highest BCUT2D eigenvalue weighted by Crippen LogP contribution is 2.44. The molecule has 0 spiro atoms. The van der Waals surface area contributed by atoms with Gasteiger partial charge in [0.05, 0.1) is 0 Å². The molecule has 1 aromatic heterocycles. The SMILES string of the molecule is O=C(O)C1(c2ccc(Br)o2)CCC1. The Balaban J connectivity index is 2.37. The van der Waals surface area contributed by atoms with E-state index in [4.69, 9.17) is 9.52 Å². The van der Waals surface area contributed by atoms with Gasteiger partial charge in [-0.3, -0.25) is 4.79 Å². The van der Waals surface area contributed by atoms with Gasteiger partial charge >= 0.3 is 5.97 Å². The molecule has 0 bridgehead atoms. The molecule has 0 aromatic carbocycles. The maximum absolute atomic E-state index is 11.0. The van der Waals surface area contributed by atoms with Crippen LogP contribution in [0.5, 0.6) is 0 Å². The lowest BCUT2D eigenvalue weighted by Crippen LogP contribution is -2.41. The Bertz CT molecular complexity index is 338. The van der Waals surface area contributed by atoms with Gasteiger partial charge in [0.25, 0.3) is 0 Å². The lowest BCUT2D eigenvalue weighted by atomic mass is 9.67. The van der Waals surface area contributed by atoms with Crippen LogP contribution >= 0.6 is 15.9 Å². The first-order chi connectivity index (χ1) is 6.15. The summed E-state index contributed by atoms with van der Waals surface area (Å²) >= 11 is 3.17. The van der Waals surface area contributed by atoms with Gasteiger partial charge in [-0.25, -0.2) is 0 Å². The van der Waals surface area contributed by atoms with Crippen molar-refractivity contribution in [3.8, 4) is 0 Å². The summed E-state index contributed by atoms with van der Waals surface area (Å²) in [5, 5.41) is 9.07. The molecule has 1 aliphatic rings. The Labute approximate surface area is 83.9 Å². The number of aliphatic carboxylic acids is 1. The van der Waals surface area contributed by atoms with Crippen molar-refractivity contribution in [2.75, 3.05) is 0 Å². The summed E-state index contributed by atoms with van der Waals surface area (Å²) in [6.07, 6.45) is 2.33. The van der Waals surface area contributed by atoms with E-state index in [9.17, 15) is 4.79 Å².